The number of anilines is 4. The van der Waals surface area contributed by atoms with Crippen LogP contribution in [-0.4, -0.2) is 13.0 Å². The van der Waals surface area contributed by atoms with Gasteiger partial charge >= 0.3 is 0 Å². The number of nitrogen functional groups attached to an aromatic ring is 1. The Morgan fingerprint density at radius 1 is 1.25 bits per heavy atom. The Morgan fingerprint density at radius 2 is 2.05 bits per heavy atom. The monoisotopic (exact) mass is 267 g/mol. The average molecular weight is 267 g/mol. The van der Waals surface area contributed by atoms with Crippen molar-refractivity contribution in [2.75, 3.05) is 23.0 Å². The zero-order chi connectivity index (χ0) is 14.3. The third-order valence-corrected chi connectivity index (χ3v) is 3.69. The number of fused-ring (bicyclic) bond motifs is 1. The molecule has 0 bridgehead atoms. The Bertz CT molecular complexity index is 674. The predicted molar refractivity (Wildman–Crippen MR) is 82.4 cm³/mol. The number of carbonyl (C=O) groups excluding carboxylic acids is 1. The summed E-state index contributed by atoms with van der Waals surface area (Å²) in [6.07, 6.45) is 0.415. The highest BCUT2D eigenvalue weighted by Gasteiger charge is 2.30. The van der Waals surface area contributed by atoms with Crippen LogP contribution >= 0.6 is 0 Å². The van der Waals surface area contributed by atoms with E-state index < -0.39 is 0 Å². The maximum absolute atomic E-state index is 12.4. The van der Waals surface area contributed by atoms with Crippen molar-refractivity contribution >= 4 is 28.7 Å². The van der Waals surface area contributed by atoms with Gasteiger partial charge in [0.15, 0.2) is 0 Å². The lowest BCUT2D eigenvalue weighted by atomic mass is 10.1. The molecule has 3 N–H and O–H groups in total. The minimum Gasteiger partial charge on any atom is -0.397 e. The van der Waals surface area contributed by atoms with Gasteiger partial charge in [-0.2, -0.15) is 0 Å². The van der Waals surface area contributed by atoms with Crippen molar-refractivity contribution in [1.29, 1.82) is 0 Å². The van der Waals surface area contributed by atoms with Gasteiger partial charge in [0.2, 0.25) is 5.91 Å². The molecule has 0 atom stereocenters. The van der Waals surface area contributed by atoms with Gasteiger partial charge in [-0.25, -0.2) is 0 Å². The molecule has 1 aliphatic rings. The number of nitrogens with one attached hydrogen (secondary N) is 1. The molecule has 0 spiro atoms. The van der Waals surface area contributed by atoms with E-state index in [9.17, 15) is 4.79 Å². The normalized spacial score (nSPS) is 13.5. The number of amides is 1. The van der Waals surface area contributed by atoms with Crippen LogP contribution in [0.5, 0.6) is 0 Å². The number of benzene rings is 2. The fraction of sp³-hybridized carbons (Fsp3) is 0.188. The molecule has 0 aromatic heterocycles. The van der Waals surface area contributed by atoms with E-state index in [2.05, 4.69) is 5.32 Å². The quantitative estimate of drug-likeness (QED) is 0.823. The molecule has 4 heteroatoms. The largest absolute Gasteiger partial charge is 0.397 e. The number of hydrogen-bond acceptors (Lipinski definition) is 3. The summed E-state index contributed by atoms with van der Waals surface area (Å²) in [6, 6.07) is 11.7. The third kappa shape index (κ3) is 1.81. The van der Waals surface area contributed by atoms with Crippen molar-refractivity contribution in [2.24, 2.45) is 0 Å². The Hall–Kier alpha value is -2.49. The molecule has 0 saturated heterocycles. The number of carbonyl (C=O) groups is 1. The van der Waals surface area contributed by atoms with Crippen LogP contribution < -0.4 is 16.0 Å². The lowest BCUT2D eigenvalue weighted by Crippen LogP contribution is -2.22. The van der Waals surface area contributed by atoms with Crippen molar-refractivity contribution in [3.8, 4) is 0 Å². The van der Waals surface area contributed by atoms with Crippen LogP contribution in [0.25, 0.3) is 0 Å². The number of hydrogen-bond donors (Lipinski definition) is 2. The van der Waals surface area contributed by atoms with Crippen LogP contribution in [-0.2, 0) is 11.2 Å². The van der Waals surface area contributed by atoms with Crippen LogP contribution in [0.2, 0.25) is 0 Å². The second kappa shape index (κ2) is 4.56. The summed E-state index contributed by atoms with van der Waals surface area (Å²) < 4.78 is 0. The molecule has 4 nitrogen and oxygen atoms in total. The summed E-state index contributed by atoms with van der Waals surface area (Å²) in [5.41, 5.74) is 11.5. The summed E-state index contributed by atoms with van der Waals surface area (Å²) in [6.45, 7) is 1.97. The Morgan fingerprint density at radius 3 is 2.75 bits per heavy atom. The summed E-state index contributed by atoms with van der Waals surface area (Å²) in [4.78, 5) is 14.1. The molecule has 0 saturated carbocycles. The lowest BCUT2D eigenvalue weighted by molar-refractivity contribution is -0.116. The topological polar surface area (TPSA) is 58.4 Å². The van der Waals surface area contributed by atoms with Gasteiger partial charge in [-0.3, -0.25) is 9.69 Å². The van der Waals surface area contributed by atoms with Gasteiger partial charge in [-0.1, -0.05) is 12.1 Å². The van der Waals surface area contributed by atoms with Crippen molar-refractivity contribution in [3.63, 3.8) is 0 Å². The van der Waals surface area contributed by atoms with Gasteiger partial charge in [0, 0.05) is 12.7 Å². The number of nitrogens with two attached hydrogens (primary N) is 1. The van der Waals surface area contributed by atoms with E-state index in [-0.39, 0.29) is 5.91 Å². The first kappa shape index (κ1) is 12.5. The molecule has 20 heavy (non-hydrogen) atoms. The lowest BCUT2D eigenvalue weighted by Gasteiger charge is -2.22. The Kier molecular flexibility index (Phi) is 2.86. The number of para-hydroxylation sites is 1. The van der Waals surface area contributed by atoms with E-state index in [1.54, 1.807) is 4.90 Å². The molecule has 1 heterocycles. The van der Waals surface area contributed by atoms with Crippen LogP contribution in [0.1, 0.15) is 11.1 Å². The predicted octanol–water partition coefficient (Wildman–Crippen LogP) is 2.84. The van der Waals surface area contributed by atoms with Crippen molar-refractivity contribution in [1.82, 2.24) is 0 Å². The SMILES string of the molecule is CNc1ccc2c(c1)CC(=O)N2c1c(C)cccc1N. The molecule has 0 unspecified atom stereocenters. The second-order valence-electron chi connectivity index (χ2n) is 5.01. The van der Waals surface area contributed by atoms with E-state index >= 15 is 0 Å². The van der Waals surface area contributed by atoms with Gasteiger partial charge in [-0.15, -0.1) is 0 Å². The van der Waals surface area contributed by atoms with Gasteiger partial charge in [-0.05, 0) is 42.3 Å². The Labute approximate surface area is 118 Å². The first-order chi connectivity index (χ1) is 9.61. The molecule has 1 amide bonds. The van der Waals surface area contributed by atoms with Crippen molar-refractivity contribution < 1.29 is 4.79 Å². The fourth-order valence-corrected chi connectivity index (χ4v) is 2.71. The second-order valence-corrected chi connectivity index (χ2v) is 5.01. The van der Waals surface area contributed by atoms with E-state index in [1.807, 2.05) is 50.4 Å². The molecule has 2 aromatic carbocycles. The maximum atomic E-state index is 12.4. The summed E-state index contributed by atoms with van der Waals surface area (Å²) in [5, 5.41) is 3.09. The molecule has 3 rings (SSSR count). The van der Waals surface area contributed by atoms with Crippen LogP contribution in [0.4, 0.5) is 22.7 Å². The molecule has 1 aliphatic heterocycles. The van der Waals surface area contributed by atoms with Gasteiger partial charge in [0.05, 0.1) is 23.5 Å². The minimum atomic E-state index is 0.0641. The zero-order valence-corrected chi connectivity index (χ0v) is 11.6. The standard InChI is InChI=1S/C16H17N3O/c1-10-4-3-5-13(17)16(10)19-14-7-6-12(18-2)8-11(14)9-15(19)20/h3-8,18H,9,17H2,1-2H3. The van der Waals surface area contributed by atoms with Crippen molar-refractivity contribution in [3.05, 3.63) is 47.5 Å². The van der Waals surface area contributed by atoms with Crippen molar-refractivity contribution in [2.45, 2.75) is 13.3 Å². The average Bonchev–Trinajstić information content (AvgIpc) is 2.74. The highest BCUT2D eigenvalue weighted by atomic mass is 16.2. The molecular weight excluding hydrogens is 250 g/mol. The van der Waals surface area contributed by atoms with Crippen LogP contribution in [0.3, 0.4) is 0 Å². The van der Waals surface area contributed by atoms with Gasteiger partial charge < -0.3 is 11.1 Å². The minimum absolute atomic E-state index is 0.0641. The molecule has 0 radical (unpaired) electrons. The number of nitrogens with zero attached hydrogens (tertiary/aromatic N) is 1. The molecular formula is C16H17N3O. The molecule has 2 aromatic rings. The van der Waals surface area contributed by atoms with E-state index in [1.165, 1.54) is 0 Å². The van der Waals surface area contributed by atoms with E-state index in [0.29, 0.717) is 12.1 Å². The first-order valence-corrected chi connectivity index (χ1v) is 6.60. The van der Waals surface area contributed by atoms with Crippen LogP contribution in [0.15, 0.2) is 36.4 Å². The summed E-state index contributed by atoms with van der Waals surface area (Å²) in [5.74, 6) is 0.0641. The van der Waals surface area contributed by atoms with Gasteiger partial charge in [0.1, 0.15) is 0 Å². The van der Waals surface area contributed by atoms with Crippen LogP contribution in [0, 0.1) is 6.92 Å². The summed E-state index contributed by atoms with van der Waals surface area (Å²) >= 11 is 0. The fourth-order valence-electron chi connectivity index (χ4n) is 2.71. The zero-order valence-electron chi connectivity index (χ0n) is 11.6. The highest BCUT2D eigenvalue weighted by Crippen LogP contribution is 2.40. The van der Waals surface area contributed by atoms with E-state index in [4.69, 9.17) is 5.73 Å². The smallest absolute Gasteiger partial charge is 0.236 e. The molecule has 102 valence electrons. The first-order valence-electron chi connectivity index (χ1n) is 6.60. The van der Waals surface area contributed by atoms with E-state index in [0.717, 1.165) is 28.2 Å². The molecule has 0 fully saturated rings. The Balaban J connectivity index is 2.15. The maximum Gasteiger partial charge on any atom is 0.236 e. The number of rotatable bonds is 2. The summed E-state index contributed by atoms with van der Waals surface area (Å²) in [7, 11) is 1.87. The van der Waals surface area contributed by atoms with Gasteiger partial charge in [0.25, 0.3) is 0 Å². The number of aryl methyl sites for hydroxylation is 1. The highest BCUT2D eigenvalue weighted by molar-refractivity contribution is 6.10. The third-order valence-electron chi connectivity index (χ3n) is 3.69. The molecule has 0 aliphatic carbocycles.